The van der Waals surface area contributed by atoms with Crippen LogP contribution in [0.1, 0.15) is 58.9 Å². The number of carbonyl (C=O) groups excluding carboxylic acids is 2. The van der Waals surface area contributed by atoms with Gasteiger partial charge in [-0.25, -0.2) is 0 Å². The molecule has 0 saturated heterocycles. The van der Waals surface area contributed by atoms with E-state index in [2.05, 4.69) is 16.8 Å². The third-order valence-corrected chi connectivity index (χ3v) is 4.80. The van der Waals surface area contributed by atoms with Gasteiger partial charge in [-0.2, -0.15) is 9.13 Å². The number of aromatic nitrogens is 2. The quantitative estimate of drug-likeness (QED) is 0.247. The molecule has 0 radical (unpaired) electrons. The van der Waals surface area contributed by atoms with E-state index in [1.165, 1.54) is 0 Å². The van der Waals surface area contributed by atoms with Crippen LogP contribution in [0.15, 0.2) is 24.8 Å². The Balaban J connectivity index is 2.81. The first-order valence-corrected chi connectivity index (χ1v) is 9.84. The van der Waals surface area contributed by atoms with Crippen LogP contribution >= 0.6 is 0 Å². The first-order chi connectivity index (χ1) is 12.9. The van der Waals surface area contributed by atoms with Crippen LogP contribution in [0, 0.1) is 11.8 Å². The average Bonchev–Trinajstić information content (AvgIpc) is 2.66. The second-order valence-electron chi connectivity index (χ2n) is 7.06. The molecule has 7 heteroatoms. The third kappa shape index (κ3) is 8.03. The van der Waals surface area contributed by atoms with Crippen molar-refractivity contribution >= 4 is 11.9 Å². The Morgan fingerprint density at radius 2 is 1.81 bits per heavy atom. The summed E-state index contributed by atoms with van der Waals surface area (Å²) in [6.45, 7) is 5.92. The van der Waals surface area contributed by atoms with E-state index in [9.17, 15) is 9.59 Å². The fourth-order valence-corrected chi connectivity index (χ4v) is 3.05. The van der Waals surface area contributed by atoms with Gasteiger partial charge >= 0.3 is 5.97 Å². The first-order valence-electron chi connectivity index (χ1n) is 9.84. The van der Waals surface area contributed by atoms with Gasteiger partial charge in [0.2, 0.25) is 30.7 Å². The van der Waals surface area contributed by atoms with Crippen molar-refractivity contribution in [1.82, 2.24) is 5.32 Å². The smallest absolute Gasteiger partial charge is 0.308 e. The maximum atomic E-state index is 12.5. The van der Waals surface area contributed by atoms with Crippen molar-refractivity contribution in [3.63, 3.8) is 0 Å². The van der Waals surface area contributed by atoms with E-state index >= 15 is 0 Å². The number of nitrogens with one attached hydrogen (secondary N) is 1. The summed E-state index contributed by atoms with van der Waals surface area (Å²) in [5, 5.41) is 11.6. The number of aliphatic hydroxyl groups excluding tert-OH is 1. The van der Waals surface area contributed by atoms with Gasteiger partial charge in [0, 0.05) is 18.8 Å². The van der Waals surface area contributed by atoms with E-state index in [0.717, 1.165) is 19.3 Å². The number of ether oxygens (including phenoxy) is 1. The Hall–Kier alpha value is -2.02. The summed E-state index contributed by atoms with van der Waals surface area (Å²) in [6, 6.07) is 0.129. The zero-order valence-corrected chi connectivity index (χ0v) is 17.1. The molecule has 1 heterocycles. The molecule has 7 nitrogen and oxygen atoms in total. The Morgan fingerprint density at radius 1 is 1.15 bits per heavy atom. The Labute approximate surface area is 162 Å². The van der Waals surface area contributed by atoms with Crippen LogP contribution in [-0.2, 0) is 21.4 Å². The van der Waals surface area contributed by atoms with E-state index in [4.69, 9.17) is 9.84 Å². The molecule has 3 unspecified atom stereocenters. The molecule has 1 aromatic rings. The molecule has 27 heavy (non-hydrogen) atoms. The first kappa shape index (κ1) is 23.0. The van der Waals surface area contributed by atoms with Crippen molar-refractivity contribution in [2.45, 2.75) is 58.9 Å². The van der Waals surface area contributed by atoms with Gasteiger partial charge in [0.15, 0.2) is 6.04 Å². The second kappa shape index (κ2) is 12.4. The summed E-state index contributed by atoms with van der Waals surface area (Å²) in [5.41, 5.74) is 0. The number of unbranched alkanes of at least 4 members (excludes halogenated alkanes) is 1. The minimum Gasteiger partial charge on any atom is -0.465 e. The van der Waals surface area contributed by atoms with Crippen molar-refractivity contribution in [1.29, 1.82) is 0 Å². The van der Waals surface area contributed by atoms with Crippen LogP contribution in [0.4, 0.5) is 0 Å². The summed E-state index contributed by atoms with van der Waals surface area (Å²) in [4.78, 5) is 24.6. The Bertz CT molecular complexity index is 577. The number of aliphatic hydroxyl groups is 1. The van der Waals surface area contributed by atoms with E-state index in [1.54, 1.807) is 6.92 Å². The molecular weight excluding hydrogens is 346 g/mol. The maximum Gasteiger partial charge on any atom is 0.308 e. The van der Waals surface area contributed by atoms with Crippen LogP contribution in [0.25, 0.3) is 0 Å². The fraction of sp³-hybridized carbons (Fsp3) is 0.700. The third-order valence-electron chi connectivity index (χ3n) is 4.80. The molecule has 3 atom stereocenters. The number of aryl methyl sites for hydroxylation is 1. The highest BCUT2D eigenvalue weighted by atomic mass is 16.5. The van der Waals surface area contributed by atoms with Crippen molar-refractivity contribution in [2.75, 3.05) is 13.3 Å². The van der Waals surface area contributed by atoms with Crippen LogP contribution in [0.3, 0.4) is 0 Å². The lowest BCUT2D eigenvalue weighted by Gasteiger charge is -2.21. The molecule has 0 aliphatic heterocycles. The molecular formula is C20H35N3O4+2. The highest BCUT2D eigenvalue weighted by Gasteiger charge is 2.30. The van der Waals surface area contributed by atoms with Crippen molar-refractivity contribution < 1.29 is 28.6 Å². The maximum absolute atomic E-state index is 12.5. The monoisotopic (exact) mass is 381 g/mol. The Kier molecular flexibility index (Phi) is 10.6. The van der Waals surface area contributed by atoms with Crippen molar-refractivity contribution in [2.24, 2.45) is 18.9 Å². The van der Waals surface area contributed by atoms with Crippen molar-refractivity contribution in [3.05, 3.63) is 24.8 Å². The van der Waals surface area contributed by atoms with Gasteiger partial charge in [-0.15, -0.1) is 0 Å². The molecule has 2 N–H and O–H groups in total. The minimum atomic E-state index is -0.407. The van der Waals surface area contributed by atoms with Crippen LogP contribution < -0.4 is 14.5 Å². The zero-order chi connectivity index (χ0) is 20.2. The summed E-state index contributed by atoms with van der Waals surface area (Å²) >= 11 is 0. The predicted molar refractivity (Wildman–Crippen MR) is 100 cm³/mol. The van der Waals surface area contributed by atoms with Gasteiger partial charge in [0.25, 0.3) is 0 Å². The minimum absolute atomic E-state index is 0.129. The number of amides is 1. The number of hydrogen-bond acceptors (Lipinski definition) is 4. The summed E-state index contributed by atoms with van der Waals surface area (Å²) < 4.78 is 9.32. The summed E-state index contributed by atoms with van der Waals surface area (Å²) in [7, 11) is 1.95. The largest absolute Gasteiger partial charge is 0.465 e. The standard InChI is InChI=1S/C20H34N3O4/c1-5-7-12-27-20(26)16(3)13-17(19(25)21-15-24)14-18(6-2)23-10-8-22(4)9-11-23/h8-11,16-18,24H,5-7,12-15H2,1-4H3/q+1/p+1. The van der Waals surface area contributed by atoms with Gasteiger partial charge in [0.1, 0.15) is 13.8 Å². The highest BCUT2D eigenvalue weighted by Crippen LogP contribution is 2.23. The normalized spacial score (nSPS) is 14.3. The topological polar surface area (TPSA) is 83.4 Å². The lowest BCUT2D eigenvalue weighted by atomic mass is 9.88. The SMILES string of the molecule is CCCCOC(=O)C(C)CC(CC(CC)[n+]1cc[n+](C)cc1)C(=O)NCO. The number of rotatable bonds is 12. The van der Waals surface area contributed by atoms with Crippen LogP contribution in [0.5, 0.6) is 0 Å². The van der Waals surface area contributed by atoms with E-state index in [0.29, 0.717) is 19.4 Å². The number of esters is 1. The second-order valence-corrected chi connectivity index (χ2v) is 7.06. The Morgan fingerprint density at radius 3 is 2.37 bits per heavy atom. The lowest BCUT2D eigenvalue weighted by Crippen LogP contribution is -2.45. The average molecular weight is 382 g/mol. The van der Waals surface area contributed by atoms with Crippen molar-refractivity contribution in [3.8, 4) is 0 Å². The number of nitrogens with zero attached hydrogens (tertiary/aromatic N) is 2. The van der Waals surface area contributed by atoms with Crippen LogP contribution in [-0.4, -0.2) is 30.3 Å². The zero-order valence-electron chi connectivity index (χ0n) is 17.1. The van der Waals surface area contributed by atoms with Gasteiger partial charge < -0.3 is 15.2 Å². The molecule has 0 aromatic carbocycles. The van der Waals surface area contributed by atoms with Crippen LogP contribution in [0.2, 0.25) is 0 Å². The molecule has 0 fully saturated rings. The molecule has 1 rings (SSSR count). The molecule has 0 saturated carbocycles. The lowest BCUT2D eigenvalue weighted by molar-refractivity contribution is -0.757. The van der Waals surface area contributed by atoms with Gasteiger partial charge in [0.05, 0.1) is 12.5 Å². The summed E-state index contributed by atoms with van der Waals surface area (Å²) in [5.74, 6) is -1.24. The molecule has 0 aliphatic rings. The van der Waals surface area contributed by atoms with Gasteiger partial charge in [-0.05, 0) is 12.8 Å². The predicted octanol–water partition coefficient (Wildman–Crippen LogP) is 1.19. The number of carbonyl (C=O) groups is 2. The number of hydrogen-bond donors (Lipinski definition) is 2. The molecule has 0 aliphatic carbocycles. The molecule has 1 aromatic heterocycles. The van der Waals surface area contributed by atoms with Gasteiger partial charge in [-0.3, -0.25) is 9.59 Å². The molecule has 152 valence electrons. The van der Waals surface area contributed by atoms with E-state index < -0.39 is 6.73 Å². The summed E-state index contributed by atoms with van der Waals surface area (Å²) in [6.07, 6.45) is 11.5. The molecule has 0 spiro atoms. The van der Waals surface area contributed by atoms with Gasteiger partial charge in [-0.1, -0.05) is 27.2 Å². The molecule has 1 amide bonds. The fourth-order valence-electron chi connectivity index (χ4n) is 3.05. The van der Waals surface area contributed by atoms with E-state index in [-0.39, 0.29) is 29.8 Å². The molecule has 0 bridgehead atoms. The highest BCUT2D eigenvalue weighted by molar-refractivity contribution is 5.79. The van der Waals surface area contributed by atoms with E-state index in [1.807, 2.05) is 43.3 Å².